The molecule has 108 valence electrons. The number of rotatable bonds is 3. The van der Waals surface area contributed by atoms with Crippen molar-refractivity contribution in [3.8, 4) is 11.4 Å². The number of nitrogens with zero attached hydrogens (tertiary/aromatic N) is 2. The number of benzene rings is 2. The third kappa shape index (κ3) is 2.52. The van der Waals surface area contributed by atoms with Crippen molar-refractivity contribution < 1.29 is 4.74 Å². The number of fused-ring (bicyclic) bond motifs is 1. The van der Waals surface area contributed by atoms with E-state index < -0.39 is 0 Å². The molecule has 0 aliphatic heterocycles. The zero-order valence-corrected chi connectivity index (χ0v) is 14.2. The van der Waals surface area contributed by atoms with E-state index in [1.165, 1.54) is 0 Å². The number of ether oxygens (including phenoxy) is 1. The third-order valence-electron chi connectivity index (χ3n) is 3.21. The molecular weight excluding hydrogens is 375 g/mol. The number of para-hydroxylation sites is 1. The Hall–Kier alpha value is -1.23. The van der Waals surface area contributed by atoms with Crippen LogP contribution in [0.2, 0.25) is 5.02 Å². The molecule has 1 aromatic heterocycles. The maximum Gasteiger partial charge on any atom is 0.142 e. The molecule has 0 N–H and O–H groups in total. The first-order valence-electron chi connectivity index (χ1n) is 6.21. The smallest absolute Gasteiger partial charge is 0.142 e. The summed E-state index contributed by atoms with van der Waals surface area (Å²) in [6, 6.07) is 11.5. The summed E-state index contributed by atoms with van der Waals surface area (Å²) in [6.07, 6.45) is 0. The Bertz CT molecular complexity index is 817. The molecule has 6 heteroatoms. The molecule has 0 atom stereocenters. The Balaban J connectivity index is 2.39. The second kappa shape index (κ2) is 5.87. The van der Waals surface area contributed by atoms with Gasteiger partial charge in [-0.1, -0.05) is 33.6 Å². The van der Waals surface area contributed by atoms with E-state index in [0.717, 1.165) is 32.8 Å². The fourth-order valence-corrected chi connectivity index (χ4v) is 3.05. The molecule has 0 spiro atoms. The van der Waals surface area contributed by atoms with Gasteiger partial charge in [0.1, 0.15) is 17.1 Å². The highest BCUT2D eigenvalue weighted by molar-refractivity contribution is 9.10. The Kier molecular flexibility index (Phi) is 4.11. The van der Waals surface area contributed by atoms with Crippen LogP contribution in [0.3, 0.4) is 0 Å². The van der Waals surface area contributed by atoms with Gasteiger partial charge in [0.2, 0.25) is 0 Å². The summed E-state index contributed by atoms with van der Waals surface area (Å²) < 4.78 is 8.37. The summed E-state index contributed by atoms with van der Waals surface area (Å²) in [6.45, 7) is 0. The Morgan fingerprint density at radius 3 is 2.81 bits per heavy atom. The van der Waals surface area contributed by atoms with Crippen LogP contribution in [0.5, 0.6) is 5.75 Å². The van der Waals surface area contributed by atoms with Crippen molar-refractivity contribution in [1.29, 1.82) is 0 Å². The SMILES string of the molecule is COc1ccc(Br)cc1-n1c(CCl)nc2c(Cl)cccc21. The fourth-order valence-electron chi connectivity index (χ4n) is 2.31. The number of alkyl halides is 1. The van der Waals surface area contributed by atoms with Crippen LogP contribution in [0.15, 0.2) is 40.9 Å². The van der Waals surface area contributed by atoms with E-state index in [4.69, 9.17) is 27.9 Å². The van der Waals surface area contributed by atoms with E-state index in [-0.39, 0.29) is 5.88 Å². The maximum absolute atomic E-state index is 6.23. The minimum absolute atomic E-state index is 0.278. The average Bonchev–Trinajstić information content (AvgIpc) is 2.87. The van der Waals surface area contributed by atoms with Crippen molar-refractivity contribution >= 4 is 50.2 Å². The Morgan fingerprint density at radius 2 is 2.10 bits per heavy atom. The van der Waals surface area contributed by atoms with Crippen LogP contribution in [0.25, 0.3) is 16.7 Å². The molecule has 3 aromatic rings. The number of hydrogen-bond acceptors (Lipinski definition) is 2. The van der Waals surface area contributed by atoms with E-state index >= 15 is 0 Å². The lowest BCUT2D eigenvalue weighted by Gasteiger charge is -2.13. The van der Waals surface area contributed by atoms with Crippen LogP contribution < -0.4 is 4.74 Å². The van der Waals surface area contributed by atoms with E-state index in [2.05, 4.69) is 20.9 Å². The van der Waals surface area contributed by atoms with Crippen molar-refractivity contribution in [3.63, 3.8) is 0 Å². The van der Waals surface area contributed by atoms with E-state index in [0.29, 0.717) is 5.02 Å². The van der Waals surface area contributed by atoms with Crippen LogP contribution in [0.1, 0.15) is 5.82 Å². The molecule has 3 rings (SSSR count). The van der Waals surface area contributed by atoms with Crippen molar-refractivity contribution in [3.05, 3.63) is 51.7 Å². The number of aromatic nitrogens is 2. The van der Waals surface area contributed by atoms with Gasteiger partial charge in [0, 0.05) is 4.47 Å². The van der Waals surface area contributed by atoms with Crippen LogP contribution in [0, 0.1) is 0 Å². The summed E-state index contributed by atoms with van der Waals surface area (Å²) >= 11 is 15.8. The minimum Gasteiger partial charge on any atom is -0.495 e. The zero-order chi connectivity index (χ0) is 15.0. The van der Waals surface area contributed by atoms with E-state index in [1.807, 2.05) is 41.0 Å². The first kappa shape index (κ1) is 14.7. The molecule has 3 nitrogen and oxygen atoms in total. The molecule has 0 unspecified atom stereocenters. The number of halogens is 3. The lowest BCUT2D eigenvalue weighted by Crippen LogP contribution is -2.02. The van der Waals surface area contributed by atoms with Gasteiger partial charge in [-0.05, 0) is 30.3 Å². The van der Waals surface area contributed by atoms with Gasteiger partial charge in [-0.2, -0.15) is 0 Å². The van der Waals surface area contributed by atoms with Crippen molar-refractivity contribution in [2.75, 3.05) is 7.11 Å². The maximum atomic E-state index is 6.23. The lowest BCUT2D eigenvalue weighted by atomic mass is 10.2. The monoisotopic (exact) mass is 384 g/mol. The molecule has 0 amide bonds. The quantitative estimate of drug-likeness (QED) is 0.580. The minimum atomic E-state index is 0.278. The summed E-state index contributed by atoms with van der Waals surface area (Å²) in [7, 11) is 1.64. The highest BCUT2D eigenvalue weighted by atomic mass is 79.9. The molecule has 2 aromatic carbocycles. The van der Waals surface area contributed by atoms with Crippen LogP contribution >= 0.6 is 39.1 Å². The fraction of sp³-hybridized carbons (Fsp3) is 0.133. The van der Waals surface area contributed by atoms with E-state index in [9.17, 15) is 0 Å². The van der Waals surface area contributed by atoms with Gasteiger partial charge in [-0.15, -0.1) is 11.6 Å². The summed E-state index contributed by atoms with van der Waals surface area (Å²) in [5.41, 5.74) is 2.50. The molecular formula is C15H11BrCl2N2O. The number of hydrogen-bond donors (Lipinski definition) is 0. The predicted molar refractivity (Wildman–Crippen MR) is 89.9 cm³/mol. The van der Waals surface area contributed by atoms with Gasteiger partial charge < -0.3 is 4.74 Å². The van der Waals surface area contributed by atoms with Gasteiger partial charge in [0.05, 0.1) is 29.2 Å². The standard InChI is InChI=1S/C15H11BrCl2N2O/c1-21-13-6-5-9(16)7-12(13)20-11-4-2-3-10(18)15(11)19-14(20)8-17/h2-7H,8H2,1H3. The van der Waals surface area contributed by atoms with Gasteiger partial charge in [0.25, 0.3) is 0 Å². The van der Waals surface area contributed by atoms with Gasteiger partial charge >= 0.3 is 0 Å². The van der Waals surface area contributed by atoms with Crippen molar-refractivity contribution in [2.45, 2.75) is 5.88 Å². The summed E-state index contributed by atoms with van der Waals surface area (Å²) in [4.78, 5) is 4.54. The first-order valence-corrected chi connectivity index (χ1v) is 7.92. The highest BCUT2D eigenvalue weighted by Crippen LogP contribution is 2.33. The largest absolute Gasteiger partial charge is 0.495 e. The number of imidazole rings is 1. The first-order chi connectivity index (χ1) is 10.2. The normalized spacial score (nSPS) is 11.0. The van der Waals surface area contributed by atoms with Gasteiger partial charge in [-0.25, -0.2) is 4.98 Å². The molecule has 1 heterocycles. The van der Waals surface area contributed by atoms with Gasteiger partial charge in [0.15, 0.2) is 0 Å². The predicted octanol–water partition coefficient (Wildman–Crippen LogP) is 5.19. The van der Waals surface area contributed by atoms with Gasteiger partial charge in [-0.3, -0.25) is 4.57 Å². The van der Waals surface area contributed by atoms with Crippen LogP contribution in [0.4, 0.5) is 0 Å². The topological polar surface area (TPSA) is 27.1 Å². The second-order valence-electron chi connectivity index (χ2n) is 4.42. The van der Waals surface area contributed by atoms with Crippen LogP contribution in [-0.4, -0.2) is 16.7 Å². The average molecular weight is 386 g/mol. The van der Waals surface area contributed by atoms with Crippen LogP contribution in [-0.2, 0) is 5.88 Å². The van der Waals surface area contributed by atoms with Crippen molar-refractivity contribution in [1.82, 2.24) is 9.55 Å². The number of methoxy groups -OCH3 is 1. The lowest BCUT2D eigenvalue weighted by molar-refractivity contribution is 0.413. The molecule has 0 aliphatic carbocycles. The molecule has 0 fully saturated rings. The summed E-state index contributed by atoms with van der Waals surface area (Å²) in [5, 5.41) is 0.603. The molecule has 21 heavy (non-hydrogen) atoms. The third-order valence-corrected chi connectivity index (χ3v) is 4.24. The molecule has 0 bridgehead atoms. The molecule has 0 radical (unpaired) electrons. The Labute approximate surface area is 140 Å². The Morgan fingerprint density at radius 1 is 1.29 bits per heavy atom. The summed E-state index contributed by atoms with van der Waals surface area (Å²) in [5.74, 6) is 1.74. The zero-order valence-electron chi connectivity index (χ0n) is 11.1. The van der Waals surface area contributed by atoms with Crippen molar-refractivity contribution in [2.24, 2.45) is 0 Å². The highest BCUT2D eigenvalue weighted by Gasteiger charge is 2.16. The second-order valence-corrected chi connectivity index (χ2v) is 6.01. The molecule has 0 saturated heterocycles. The molecule has 0 saturated carbocycles. The van der Waals surface area contributed by atoms with E-state index in [1.54, 1.807) is 7.11 Å². The molecule has 0 aliphatic rings.